The van der Waals surface area contributed by atoms with Crippen LogP contribution in [0.15, 0.2) is 12.1 Å². The van der Waals surface area contributed by atoms with E-state index >= 15 is 0 Å². The van der Waals surface area contributed by atoms with Crippen LogP contribution in [0, 0.1) is 0 Å². The monoisotopic (exact) mass is 289 g/mol. The van der Waals surface area contributed by atoms with Crippen molar-refractivity contribution in [1.29, 1.82) is 0 Å². The van der Waals surface area contributed by atoms with E-state index in [-0.39, 0.29) is 11.4 Å². The van der Waals surface area contributed by atoms with E-state index < -0.39 is 17.8 Å². The molecule has 7 heteroatoms. The molecule has 0 bridgehead atoms. The molecule has 20 heavy (non-hydrogen) atoms. The number of unbranched alkanes of at least 4 members (excludes halogenated alkanes) is 1. The summed E-state index contributed by atoms with van der Waals surface area (Å²) in [5, 5.41) is 0. The first-order valence-electron chi connectivity index (χ1n) is 6.44. The lowest BCUT2D eigenvalue weighted by atomic mass is 10.2. The number of halogens is 3. The van der Waals surface area contributed by atoms with Gasteiger partial charge in [0.05, 0.1) is 5.56 Å². The second-order valence-corrected chi connectivity index (χ2v) is 4.36. The van der Waals surface area contributed by atoms with Crippen molar-refractivity contribution >= 4 is 11.7 Å². The Morgan fingerprint density at radius 2 is 2.00 bits per heavy atom. The van der Waals surface area contributed by atoms with Crippen LogP contribution in [0.25, 0.3) is 0 Å². The van der Waals surface area contributed by atoms with E-state index in [0.717, 1.165) is 25.0 Å². The highest BCUT2D eigenvalue weighted by atomic mass is 19.4. The zero-order chi connectivity index (χ0) is 15.3. The molecular formula is C13H18F3N3O. The summed E-state index contributed by atoms with van der Waals surface area (Å²) in [5.74, 6) is -0.778. The molecule has 4 nitrogen and oxygen atoms in total. The first-order chi connectivity index (χ1) is 9.31. The van der Waals surface area contributed by atoms with Crippen LogP contribution in [0.5, 0.6) is 0 Å². The number of nitrogens with two attached hydrogens (primary N) is 1. The summed E-state index contributed by atoms with van der Waals surface area (Å²) in [6.45, 7) is 4.75. The van der Waals surface area contributed by atoms with Crippen molar-refractivity contribution in [3.63, 3.8) is 0 Å². The quantitative estimate of drug-likeness (QED) is 0.876. The molecule has 0 unspecified atom stereocenters. The summed E-state index contributed by atoms with van der Waals surface area (Å²) >= 11 is 0. The maximum Gasteiger partial charge on any atom is 0.433 e. The van der Waals surface area contributed by atoms with Crippen LogP contribution < -0.4 is 10.6 Å². The minimum atomic E-state index is -4.55. The van der Waals surface area contributed by atoms with E-state index in [2.05, 4.69) is 4.98 Å². The van der Waals surface area contributed by atoms with E-state index in [1.165, 1.54) is 0 Å². The molecule has 1 rings (SSSR count). The topological polar surface area (TPSA) is 59.2 Å². The van der Waals surface area contributed by atoms with Crippen molar-refractivity contribution in [2.45, 2.75) is 32.9 Å². The normalized spacial score (nSPS) is 11.4. The van der Waals surface area contributed by atoms with Gasteiger partial charge in [-0.15, -0.1) is 0 Å². The molecule has 0 aromatic carbocycles. The summed E-state index contributed by atoms with van der Waals surface area (Å²) in [6, 6.07) is 1.86. The molecule has 0 fully saturated rings. The predicted octanol–water partition coefficient (Wildman–Crippen LogP) is 2.83. The van der Waals surface area contributed by atoms with E-state index in [1.54, 1.807) is 11.8 Å². The number of carbonyl (C=O) groups is 1. The molecule has 1 aromatic heterocycles. The lowest BCUT2D eigenvalue weighted by Gasteiger charge is -2.24. The van der Waals surface area contributed by atoms with Gasteiger partial charge >= 0.3 is 6.18 Å². The fourth-order valence-corrected chi connectivity index (χ4v) is 1.80. The number of alkyl halides is 3. The Morgan fingerprint density at radius 3 is 2.45 bits per heavy atom. The molecule has 2 N–H and O–H groups in total. The molecule has 0 aliphatic rings. The Kier molecular flexibility index (Phi) is 5.35. The maximum absolute atomic E-state index is 12.7. The van der Waals surface area contributed by atoms with Crippen LogP contribution in [-0.4, -0.2) is 24.0 Å². The molecule has 0 aliphatic carbocycles. The van der Waals surface area contributed by atoms with Crippen LogP contribution in [-0.2, 0) is 6.18 Å². The molecule has 1 aromatic rings. The molecule has 112 valence electrons. The van der Waals surface area contributed by atoms with Gasteiger partial charge in [0, 0.05) is 13.1 Å². The number of aromatic nitrogens is 1. The van der Waals surface area contributed by atoms with Crippen molar-refractivity contribution in [2.24, 2.45) is 5.73 Å². The second kappa shape index (κ2) is 6.58. The summed E-state index contributed by atoms with van der Waals surface area (Å²) in [7, 11) is 0. The van der Waals surface area contributed by atoms with Crippen molar-refractivity contribution in [3.8, 4) is 0 Å². The van der Waals surface area contributed by atoms with Gasteiger partial charge in [0.25, 0.3) is 5.91 Å². The van der Waals surface area contributed by atoms with E-state index in [0.29, 0.717) is 13.1 Å². The molecule has 1 amide bonds. The lowest BCUT2D eigenvalue weighted by Crippen LogP contribution is -2.29. The number of rotatable bonds is 6. The first-order valence-corrected chi connectivity index (χ1v) is 6.44. The number of primary amides is 1. The highest BCUT2D eigenvalue weighted by molar-refractivity contribution is 5.97. The molecule has 0 radical (unpaired) electrons. The molecule has 0 spiro atoms. The predicted molar refractivity (Wildman–Crippen MR) is 70.6 cm³/mol. The summed E-state index contributed by atoms with van der Waals surface area (Å²) in [6.07, 6.45) is -2.86. The number of hydrogen-bond acceptors (Lipinski definition) is 3. The average Bonchev–Trinajstić information content (AvgIpc) is 2.38. The number of anilines is 1. The average molecular weight is 289 g/mol. The minimum absolute atomic E-state index is 0.00303. The van der Waals surface area contributed by atoms with Crippen LogP contribution in [0.4, 0.5) is 19.0 Å². The van der Waals surface area contributed by atoms with Gasteiger partial charge in [-0.25, -0.2) is 4.98 Å². The largest absolute Gasteiger partial charge is 0.433 e. The Balaban J connectivity index is 3.26. The SMILES string of the molecule is CCCCN(CC)c1nc(C(F)(F)F)ccc1C(N)=O. The Hall–Kier alpha value is -1.79. The van der Waals surface area contributed by atoms with Gasteiger partial charge in [0.1, 0.15) is 11.5 Å². The number of nitrogens with zero attached hydrogens (tertiary/aromatic N) is 2. The third-order valence-electron chi connectivity index (χ3n) is 2.89. The zero-order valence-corrected chi connectivity index (χ0v) is 11.5. The molecule has 1 heterocycles. The smallest absolute Gasteiger partial charge is 0.365 e. The zero-order valence-electron chi connectivity index (χ0n) is 11.5. The van der Waals surface area contributed by atoms with Crippen molar-refractivity contribution in [2.75, 3.05) is 18.0 Å². The fourth-order valence-electron chi connectivity index (χ4n) is 1.80. The molecule has 0 saturated heterocycles. The van der Waals surface area contributed by atoms with E-state index in [1.807, 2.05) is 6.92 Å². The van der Waals surface area contributed by atoms with Crippen molar-refractivity contribution in [3.05, 3.63) is 23.4 Å². The number of amides is 1. The van der Waals surface area contributed by atoms with Gasteiger partial charge in [-0.1, -0.05) is 13.3 Å². The number of pyridine rings is 1. The van der Waals surface area contributed by atoms with E-state index in [9.17, 15) is 18.0 Å². The highest BCUT2D eigenvalue weighted by Crippen LogP contribution is 2.30. The van der Waals surface area contributed by atoms with Gasteiger partial charge in [-0.3, -0.25) is 4.79 Å². The van der Waals surface area contributed by atoms with Crippen molar-refractivity contribution in [1.82, 2.24) is 4.98 Å². The summed E-state index contributed by atoms with van der Waals surface area (Å²) in [4.78, 5) is 16.6. The number of hydrogen-bond donors (Lipinski definition) is 1. The summed E-state index contributed by atoms with van der Waals surface area (Å²) in [5.41, 5.74) is 4.20. The lowest BCUT2D eigenvalue weighted by molar-refractivity contribution is -0.141. The van der Waals surface area contributed by atoms with Gasteiger partial charge < -0.3 is 10.6 Å². The van der Waals surface area contributed by atoms with Crippen LogP contribution in [0.2, 0.25) is 0 Å². The van der Waals surface area contributed by atoms with Gasteiger partial charge in [-0.2, -0.15) is 13.2 Å². The maximum atomic E-state index is 12.7. The van der Waals surface area contributed by atoms with Crippen molar-refractivity contribution < 1.29 is 18.0 Å². The van der Waals surface area contributed by atoms with Crippen LogP contribution in [0.3, 0.4) is 0 Å². The van der Waals surface area contributed by atoms with Gasteiger partial charge in [0.15, 0.2) is 0 Å². The summed E-state index contributed by atoms with van der Waals surface area (Å²) < 4.78 is 38.2. The first kappa shape index (κ1) is 16.3. The fraction of sp³-hybridized carbons (Fsp3) is 0.538. The molecule has 0 saturated carbocycles. The second-order valence-electron chi connectivity index (χ2n) is 4.36. The van der Waals surface area contributed by atoms with Crippen LogP contribution >= 0.6 is 0 Å². The molecule has 0 atom stereocenters. The molecule has 0 aliphatic heterocycles. The molecular weight excluding hydrogens is 271 g/mol. The van der Waals surface area contributed by atoms with Gasteiger partial charge in [-0.05, 0) is 25.5 Å². The third kappa shape index (κ3) is 3.85. The van der Waals surface area contributed by atoms with Gasteiger partial charge in [0.2, 0.25) is 0 Å². The van der Waals surface area contributed by atoms with E-state index in [4.69, 9.17) is 5.73 Å². The standard InChI is InChI=1S/C13H18F3N3O/c1-3-5-8-19(4-2)12-9(11(17)20)6-7-10(18-12)13(14,15)16/h6-7H,3-5,8H2,1-2H3,(H2,17,20). The Morgan fingerprint density at radius 1 is 1.35 bits per heavy atom. The number of carbonyl (C=O) groups excluding carboxylic acids is 1. The third-order valence-corrected chi connectivity index (χ3v) is 2.89. The Bertz CT molecular complexity index is 474. The van der Waals surface area contributed by atoms with Crippen LogP contribution in [0.1, 0.15) is 42.7 Å². The Labute approximate surface area is 115 Å². The highest BCUT2D eigenvalue weighted by Gasteiger charge is 2.34. The minimum Gasteiger partial charge on any atom is -0.365 e.